The first kappa shape index (κ1) is 13.0. The van der Waals surface area contributed by atoms with Gasteiger partial charge in [-0.05, 0) is 0 Å². The third kappa shape index (κ3) is 1.72. The molecule has 4 atom stereocenters. The Morgan fingerprint density at radius 3 is 2.39 bits per heavy atom. The van der Waals surface area contributed by atoms with Crippen LogP contribution in [0.5, 0.6) is 0 Å². The van der Waals surface area contributed by atoms with Gasteiger partial charge in [0, 0.05) is 5.92 Å². The fourth-order valence-electron chi connectivity index (χ4n) is 2.37. The highest BCUT2D eigenvalue weighted by Gasteiger charge is 2.68. The van der Waals surface area contributed by atoms with Gasteiger partial charge in [0.05, 0.1) is 11.8 Å². The third-order valence-electron chi connectivity index (χ3n) is 3.21. The minimum atomic E-state index is -3.54. The van der Waals surface area contributed by atoms with Crippen LogP contribution in [-0.4, -0.2) is 47.4 Å². The average molecular weight is 270 g/mol. The molecule has 1 heterocycles. The maximum atomic E-state index is 13.8. The molecular weight excluding hydrogens is 260 g/mol. The van der Waals surface area contributed by atoms with E-state index < -0.39 is 48.2 Å². The predicted molar refractivity (Wildman–Crippen MR) is 51.0 cm³/mol. The molecule has 0 aromatic carbocycles. The first-order valence-corrected chi connectivity index (χ1v) is 5.01. The van der Waals surface area contributed by atoms with E-state index in [1.54, 1.807) is 0 Å². The molecule has 0 spiro atoms. The van der Waals surface area contributed by atoms with Crippen molar-refractivity contribution in [3.8, 4) is 0 Å². The van der Waals surface area contributed by atoms with Crippen molar-refractivity contribution in [1.82, 2.24) is 16.2 Å². The Kier molecular flexibility index (Phi) is 2.93. The second-order valence-electron chi connectivity index (χ2n) is 4.18. The summed E-state index contributed by atoms with van der Waals surface area (Å²) in [4.78, 5) is 10.5. The number of rotatable bonds is 3. The lowest BCUT2D eigenvalue weighted by atomic mass is 9.92. The highest BCUT2D eigenvalue weighted by atomic mass is 19.3. The van der Waals surface area contributed by atoms with E-state index in [1.165, 1.54) is 5.32 Å². The second kappa shape index (κ2) is 4.05. The molecule has 0 bridgehead atoms. The second-order valence-corrected chi connectivity index (χ2v) is 4.18. The van der Waals surface area contributed by atoms with Crippen molar-refractivity contribution < 1.29 is 27.5 Å². The molecule has 0 aromatic rings. The quantitative estimate of drug-likeness (QED) is 0.369. The molecule has 102 valence electrons. The monoisotopic (exact) mass is 270 g/mol. The number of hydrogen-bond donors (Lipinski definition) is 5. The Labute approximate surface area is 98.2 Å². The highest BCUT2D eigenvalue weighted by Crippen LogP contribution is 2.43. The molecule has 1 aliphatic carbocycles. The molecular formula is C8H10F4N4O2. The van der Waals surface area contributed by atoms with E-state index in [0.717, 1.165) is 0 Å². The summed E-state index contributed by atoms with van der Waals surface area (Å²) < 4.78 is 52.5. The van der Waals surface area contributed by atoms with E-state index in [0.29, 0.717) is 0 Å². The SMILES string of the molecule is N=C(C(F)F)C1C2NNC2C(F)(F)C1NC(=O)O. The van der Waals surface area contributed by atoms with Crippen LogP contribution in [0.25, 0.3) is 0 Å². The Balaban J connectivity index is 2.30. The van der Waals surface area contributed by atoms with Gasteiger partial charge >= 0.3 is 6.09 Å². The minimum Gasteiger partial charge on any atom is -0.465 e. The number of carbonyl (C=O) groups is 1. The predicted octanol–water partition coefficient (Wildman–Crippen LogP) is 0.0176. The third-order valence-corrected chi connectivity index (χ3v) is 3.21. The van der Waals surface area contributed by atoms with Gasteiger partial charge in [-0.15, -0.1) is 0 Å². The Bertz CT molecular complexity index is 391. The highest BCUT2D eigenvalue weighted by molar-refractivity contribution is 5.89. The molecule has 4 unspecified atom stereocenters. The van der Waals surface area contributed by atoms with Gasteiger partial charge in [0.2, 0.25) is 0 Å². The molecule has 1 saturated heterocycles. The summed E-state index contributed by atoms with van der Waals surface area (Å²) in [7, 11) is 0. The van der Waals surface area contributed by atoms with Crippen molar-refractivity contribution in [2.24, 2.45) is 5.92 Å². The number of halogens is 4. The summed E-state index contributed by atoms with van der Waals surface area (Å²) >= 11 is 0. The van der Waals surface area contributed by atoms with E-state index in [9.17, 15) is 22.4 Å². The van der Waals surface area contributed by atoms with Gasteiger partial charge in [0.1, 0.15) is 12.1 Å². The fourth-order valence-corrected chi connectivity index (χ4v) is 2.37. The molecule has 5 N–H and O–H groups in total. The van der Waals surface area contributed by atoms with Crippen molar-refractivity contribution in [3.63, 3.8) is 0 Å². The smallest absolute Gasteiger partial charge is 0.405 e. The van der Waals surface area contributed by atoms with Crippen molar-refractivity contribution in [3.05, 3.63) is 0 Å². The standard InChI is InChI=1S/C8H10F4N4O2/c9-6(10)2(13)1-3-5(16-15-3)8(11,12)4(1)14-7(17)18/h1,3-6,13-16H,(H,17,18). The minimum absolute atomic E-state index is 1.08. The summed E-state index contributed by atoms with van der Waals surface area (Å²) in [5.41, 5.74) is 3.27. The van der Waals surface area contributed by atoms with Crippen LogP contribution in [0.4, 0.5) is 22.4 Å². The van der Waals surface area contributed by atoms with Gasteiger partial charge in [0.25, 0.3) is 12.3 Å². The van der Waals surface area contributed by atoms with E-state index in [1.807, 2.05) is 0 Å². The Morgan fingerprint density at radius 1 is 1.39 bits per heavy atom. The molecule has 0 aromatic heterocycles. The van der Waals surface area contributed by atoms with Gasteiger partial charge in [0.15, 0.2) is 0 Å². The molecule has 1 saturated carbocycles. The summed E-state index contributed by atoms with van der Waals surface area (Å²) in [6.45, 7) is 0. The largest absolute Gasteiger partial charge is 0.465 e. The van der Waals surface area contributed by atoms with Gasteiger partial charge in [-0.1, -0.05) is 0 Å². The topological polar surface area (TPSA) is 97.2 Å². The van der Waals surface area contributed by atoms with E-state index in [4.69, 9.17) is 10.5 Å². The van der Waals surface area contributed by atoms with Crippen LogP contribution < -0.4 is 16.2 Å². The maximum absolute atomic E-state index is 13.8. The van der Waals surface area contributed by atoms with Crippen LogP contribution in [0.1, 0.15) is 0 Å². The molecule has 1 amide bonds. The average Bonchev–Trinajstić information content (AvgIpc) is 2.31. The van der Waals surface area contributed by atoms with Crippen LogP contribution >= 0.6 is 0 Å². The molecule has 10 heteroatoms. The number of hydrazine groups is 1. The number of fused-ring (bicyclic) bond motifs is 1. The number of amides is 1. The molecule has 1 aliphatic heterocycles. The Morgan fingerprint density at radius 2 is 2.00 bits per heavy atom. The molecule has 2 fully saturated rings. The lowest BCUT2D eigenvalue weighted by Gasteiger charge is -2.37. The van der Waals surface area contributed by atoms with E-state index >= 15 is 0 Å². The normalized spacial score (nSPS) is 36.9. The van der Waals surface area contributed by atoms with Crippen LogP contribution in [0.3, 0.4) is 0 Å². The summed E-state index contributed by atoms with van der Waals surface area (Å²) in [6, 6.07) is -4.59. The van der Waals surface area contributed by atoms with Crippen molar-refractivity contribution >= 4 is 11.8 Å². The van der Waals surface area contributed by atoms with Crippen molar-refractivity contribution in [2.75, 3.05) is 0 Å². The van der Waals surface area contributed by atoms with Crippen molar-refractivity contribution in [2.45, 2.75) is 30.5 Å². The van der Waals surface area contributed by atoms with E-state index in [2.05, 4.69) is 10.9 Å². The number of hydrogen-bond acceptors (Lipinski definition) is 4. The van der Waals surface area contributed by atoms with E-state index in [-0.39, 0.29) is 0 Å². The van der Waals surface area contributed by atoms with Crippen molar-refractivity contribution in [1.29, 1.82) is 5.41 Å². The molecule has 18 heavy (non-hydrogen) atoms. The van der Waals surface area contributed by atoms with Gasteiger partial charge in [-0.3, -0.25) is 5.43 Å². The van der Waals surface area contributed by atoms with Gasteiger partial charge in [-0.2, -0.15) is 0 Å². The summed E-state index contributed by atoms with van der Waals surface area (Å²) in [6.07, 6.45) is -4.95. The molecule has 2 rings (SSSR count). The number of nitrogens with one attached hydrogen (secondary N) is 4. The molecule has 6 nitrogen and oxygen atoms in total. The number of alkyl halides is 4. The zero-order valence-electron chi connectivity index (χ0n) is 8.75. The van der Waals surface area contributed by atoms with Gasteiger partial charge < -0.3 is 15.8 Å². The zero-order valence-corrected chi connectivity index (χ0v) is 8.75. The maximum Gasteiger partial charge on any atom is 0.405 e. The van der Waals surface area contributed by atoms with Crippen LogP contribution in [0, 0.1) is 11.3 Å². The number of carboxylic acid groups (broad SMARTS) is 1. The molecule has 0 radical (unpaired) electrons. The van der Waals surface area contributed by atoms with Crippen LogP contribution in [-0.2, 0) is 0 Å². The molecule has 2 aliphatic rings. The van der Waals surface area contributed by atoms with Crippen LogP contribution in [0.2, 0.25) is 0 Å². The summed E-state index contributed by atoms with van der Waals surface area (Å²) in [5.74, 6) is -5.12. The fraction of sp³-hybridized carbons (Fsp3) is 0.750. The lowest BCUT2D eigenvalue weighted by molar-refractivity contribution is -0.0651. The summed E-state index contributed by atoms with van der Waals surface area (Å²) in [5, 5.41) is 17.2. The van der Waals surface area contributed by atoms with Gasteiger partial charge in [-0.25, -0.2) is 27.8 Å². The Hall–Kier alpha value is -1.42. The first-order valence-electron chi connectivity index (χ1n) is 5.01. The lowest BCUT2D eigenvalue weighted by Crippen LogP contribution is -2.71. The van der Waals surface area contributed by atoms with Crippen LogP contribution in [0.15, 0.2) is 0 Å². The first-order chi connectivity index (χ1) is 8.26. The zero-order chi connectivity index (χ0) is 13.7.